The lowest BCUT2D eigenvalue weighted by atomic mass is 10.0. The molecule has 6 heteroatoms. The summed E-state index contributed by atoms with van der Waals surface area (Å²) in [6.07, 6.45) is 2.34. The summed E-state index contributed by atoms with van der Waals surface area (Å²) in [5.74, 6) is 0.926. The standard InChI is InChI=1S/C20H29N3O3/c1-20(2,23-10-4-5-11-23)19(25)22-14-12-21(13-15-22)18(24)16-6-8-17(26-3)9-7-16/h6-9H,4-5,10-15H2,1-3H3. The second kappa shape index (κ2) is 7.66. The molecule has 0 spiro atoms. The highest BCUT2D eigenvalue weighted by Gasteiger charge is 2.39. The normalized spacial score (nSPS) is 18.9. The molecule has 1 aromatic rings. The first kappa shape index (κ1) is 18.7. The zero-order chi connectivity index (χ0) is 18.7. The monoisotopic (exact) mass is 359 g/mol. The third-order valence-corrected chi connectivity index (χ3v) is 5.61. The van der Waals surface area contributed by atoms with E-state index in [1.54, 1.807) is 31.4 Å². The van der Waals surface area contributed by atoms with Gasteiger partial charge in [-0.2, -0.15) is 0 Å². The van der Waals surface area contributed by atoms with E-state index in [0.717, 1.165) is 18.8 Å². The van der Waals surface area contributed by atoms with Gasteiger partial charge in [0.05, 0.1) is 12.6 Å². The van der Waals surface area contributed by atoms with Gasteiger partial charge in [-0.25, -0.2) is 0 Å². The lowest BCUT2D eigenvalue weighted by Gasteiger charge is -2.41. The van der Waals surface area contributed by atoms with Crippen molar-refractivity contribution >= 4 is 11.8 Å². The van der Waals surface area contributed by atoms with E-state index in [1.807, 2.05) is 23.6 Å². The van der Waals surface area contributed by atoms with Crippen molar-refractivity contribution in [2.24, 2.45) is 0 Å². The third kappa shape index (κ3) is 3.70. The van der Waals surface area contributed by atoms with Gasteiger partial charge in [-0.1, -0.05) is 0 Å². The van der Waals surface area contributed by atoms with Crippen molar-refractivity contribution in [3.8, 4) is 5.75 Å². The van der Waals surface area contributed by atoms with Gasteiger partial charge in [0.1, 0.15) is 5.75 Å². The SMILES string of the molecule is COc1ccc(C(=O)N2CCN(C(=O)C(C)(C)N3CCCC3)CC2)cc1. The van der Waals surface area contributed by atoms with E-state index < -0.39 is 5.54 Å². The average molecular weight is 359 g/mol. The number of piperazine rings is 1. The molecule has 2 amide bonds. The molecule has 26 heavy (non-hydrogen) atoms. The molecule has 0 bridgehead atoms. The van der Waals surface area contributed by atoms with E-state index in [4.69, 9.17) is 4.74 Å². The Hall–Kier alpha value is -2.08. The van der Waals surface area contributed by atoms with Gasteiger partial charge >= 0.3 is 0 Å². The molecule has 0 aromatic heterocycles. The third-order valence-electron chi connectivity index (χ3n) is 5.61. The molecule has 2 aliphatic rings. The Labute approximate surface area is 155 Å². The maximum Gasteiger partial charge on any atom is 0.253 e. The maximum atomic E-state index is 13.0. The zero-order valence-electron chi connectivity index (χ0n) is 16.0. The summed E-state index contributed by atoms with van der Waals surface area (Å²) in [5.41, 5.74) is 0.196. The second-order valence-corrected chi connectivity index (χ2v) is 7.57. The van der Waals surface area contributed by atoms with Gasteiger partial charge in [0.2, 0.25) is 5.91 Å². The minimum Gasteiger partial charge on any atom is -0.497 e. The molecule has 2 saturated heterocycles. The van der Waals surface area contributed by atoms with Crippen molar-refractivity contribution in [3.05, 3.63) is 29.8 Å². The van der Waals surface area contributed by atoms with E-state index in [-0.39, 0.29) is 11.8 Å². The van der Waals surface area contributed by atoms with Crippen LogP contribution in [0.15, 0.2) is 24.3 Å². The summed E-state index contributed by atoms with van der Waals surface area (Å²) < 4.78 is 5.14. The molecule has 1 aromatic carbocycles. The molecule has 3 rings (SSSR count). The highest BCUT2D eigenvalue weighted by atomic mass is 16.5. The largest absolute Gasteiger partial charge is 0.497 e. The lowest BCUT2D eigenvalue weighted by Crippen LogP contribution is -2.59. The minimum absolute atomic E-state index is 0.0126. The van der Waals surface area contributed by atoms with E-state index >= 15 is 0 Å². The van der Waals surface area contributed by atoms with Gasteiger partial charge in [0, 0.05) is 31.7 Å². The Morgan fingerprint density at radius 3 is 1.96 bits per heavy atom. The number of benzene rings is 1. The van der Waals surface area contributed by atoms with Crippen LogP contribution < -0.4 is 4.74 Å². The smallest absolute Gasteiger partial charge is 0.253 e. The van der Waals surface area contributed by atoms with Crippen LogP contribution >= 0.6 is 0 Å². The Kier molecular flexibility index (Phi) is 5.51. The Balaban J connectivity index is 1.57. The van der Waals surface area contributed by atoms with Crippen molar-refractivity contribution in [1.29, 1.82) is 0 Å². The number of likely N-dealkylation sites (tertiary alicyclic amines) is 1. The van der Waals surface area contributed by atoms with Gasteiger partial charge in [-0.05, 0) is 64.0 Å². The molecule has 0 saturated carbocycles. The predicted octanol–water partition coefficient (Wildman–Crippen LogP) is 1.85. The van der Waals surface area contributed by atoms with Crippen LogP contribution in [-0.4, -0.2) is 78.4 Å². The molecule has 0 radical (unpaired) electrons. The van der Waals surface area contributed by atoms with Crippen LogP contribution in [0.2, 0.25) is 0 Å². The Morgan fingerprint density at radius 1 is 0.885 bits per heavy atom. The summed E-state index contributed by atoms with van der Waals surface area (Å²) in [5, 5.41) is 0. The van der Waals surface area contributed by atoms with Crippen LogP contribution in [0.25, 0.3) is 0 Å². The first-order valence-corrected chi connectivity index (χ1v) is 9.41. The Bertz CT molecular complexity index is 643. The van der Waals surface area contributed by atoms with Crippen LogP contribution in [-0.2, 0) is 4.79 Å². The van der Waals surface area contributed by atoms with Crippen LogP contribution in [0.5, 0.6) is 5.75 Å². The maximum absolute atomic E-state index is 13.0. The molecule has 2 aliphatic heterocycles. The second-order valence-electron chi connectivity index (χ2n) is 7.57. The van der Waals surface area contributed by atoms with Gasteiger partial charge < -0.3 is 14.5 Å². The number of ether oxygens (including phenoxy) is 1. The quantitative estimate of drug-likeness (QED) is 0.823. The van der Waals surface area contributed by atoms with Crippen molar-refractivity contribution in [1.82, 2.24) is 14.7 Å². The number of hydrogen-bond acceptors (Lipinski definition) is 4. The molecular weight excluding hydrogens is 330 g/mol. The van der Waals surface area contributed by atoms with E-state index in [9.17, 15) is 9.59 Å². The van der Waals surface area contributed by atoms with E-state index in [1.165, 1.54) is 12.8 Å². The summed E-state index contributed by atoms with van der Waals surface area (Å²) in [4.78, 5) is 31.7. The number of amides is 2. The van der Waals surface area contributed by atoms with Crippen LogP contribution in [0.1, 0.15) is 37.0 Å². The number of carbonyl (C=O) groups excluding carboxylic acids is 2. The predicted molar refractivity (Wildman–Crippen MR) is 100 cm³/mol. The molecule has 0 aliphatic carbocycles. The summed E-state index contributed by atoms with van der Waals surface area (Å²) in [7, 11) is 1.61. The molecule has 142 valence electrons. The summed E-state index contributed by atoms with van der Waals surface area (Å²) in [6, 6.07) is 7.17. The molecule has 0 atom stereocenters. The first-order chi connectivity index (χ1) is 12.4. The zero-order valence-corrected chi connectivity index (χ0v) is 16.0. The number of rotatable bonds is 4. The van der Waals surface area contributed by atoms with Crippen LogP contribution in [0.3, 0.4) is 0 Å². The fourth-order valence-corrected chi connectivity index (χ4v) is 3.83. The van der Waals surface area contributed by atoms with E-state index in [0.29, 0.717) is 31.7 Å². The number of hydrogen-bond donors (Lipinski definition) is 0. The number of carbonyl (C=O) groups is 2. The fourth-order valence-electron chi connectivity index (χ4n) is 3.83. The van der Waals surface area contributed by atoms with Crippen LogP contribution in [0, 0.1) is 0 Å². The Morgan fingerprint density at radius 2 is 1.42 bits per heavy atom. The fraction of sp³-hybridized carbons (Fsp3) is 0.600. The van der Waals surface area contributed by atoms with Gasteiger partial charge in [-0.3, -0.25) is 14.5 Å². The number of methoxy groups -OCH3 is 1. The topological polar surface area (TPSA) is 53.1 Å². The summed E-state index contributed by atoms with van der Waals surface area (Å²) >= 11 is 0. The van der Waals surface area contributed by atoms with E-state index in [2.05, 4.69) is 4.90 Å². The lowest BCUT2D eigenvalue weighted by molar-refractivity contribution is -0.143. The van der Waals surface area contributed by atoms with Gasteiger partial charge in [0.25, 0.3) is 5.91 Å². The molecule has 0 unspecified atom stereocenters. The molecular formula is C20H29N3O3. The number of nitrogens with zero attached hydrogens (tertiary/aromatic N) is 3. The van der Waals surface area contributed by atoms with Gasteiger partial charge in [-0.15, -0.1) is 0 Å². The highest BCUT2D eigenvalue weighted by molar-refractivity contribution is 5.94. The van der Waals surface area contributed by atoms with Gasteiger partial charge in [0.15, 0.2) is 0 Å². The van der Waals surface area contributed by atoms with Crippen molar-refractivity contribution in [3.63, 3.8) is 0 Å². The minimum atomic E-state index is -0.460. The molecule has 0 N–H and O–H groups in total. The first-order valence-electron chi connectivity index (χ1n) is 9.41. The molecule has 2 heterocycles. The molecule has 2 fully saturated rings. The molecule has 6 nitrogen and oxygen atoms in total. The highest BCUT2D eigenvalue weighted by Crippen LogP contribution is 2.24. The average Bonchev–Trinajstić information content (AvgIpc) is 3.23. The summed E-state index contributed by atoms with van der Waals surface area (Å²) in [6.45, 7) is 8.38. The van der Waals surface area contributed by atoms with Crippen molar-refractivity contribution in [2.75, 3.05) is 46.4 Å². The van der Waals surface area contributed by atoms with Crippen LogP contribution in [0.4, 0.5) is 0 Å². The van der Waals surface area contributed by atoms with Crippen molar-refractivity contribution < 1.29 is 14.3 Å². The van der Waals surface area contributed by atoms with Crippen molar-refractivity contribution in [2.45, 2.75) is 32.2 Å².